The predicted molar refractivity (Wildman–Crippen MR) is 87.6 cm³/mol. The van der Waals surface area contributed by atoms with Crippen molar-refractivity contribution in [1.82, 2.24) is 4.98 Å². The molecule has 4 heteroatoms. The second-order valence-electron chi connectivity index (χ2n) is 4.78. The largest absolute Gasteiger partial charge is 0.438 e. The average Bonchev–Trinajstić information content (AvgIpc) is 2.51. The van der Waals surface area contributed by atoms with Crippen molar-refractivity contribution in [1.29, 1.82) is 0 Å². The van der Waals surface area contributed by atoms with Crippen LogP contribution in [0.4, 0.5) is 0 Å². The molecule has 106 valence electrons. The summed E-state index contributed by atoms with van der Waals surface area (Å²) >= 11 is 12.0. The van der Waals surface area contributed by atoms with E-state index < -0.39 is 0 Å². The van der Waals surface area contributed by atoms with Gasteiger partial charge in [-0.3, -0.25) is 0 Å². The molecule has 1 aromatic heterocycles. The Morgan fingerprint density at radius 3 is 2.57 bits per heavy atom. The first kappa shape index (κ1) is 14.2. The third-order valence-corrected chi connectivity index (χ3v) is 4.04. The smallest absolute Gasteiger partial charge is 0.227 e. The summed E-state index contributed by atoms with van der Waals surface area (Å²) in [6.45, 7) is 1.94. The SMILES string of the molecule is Cc1cc(Oc2ncc(CCl)c3ccccc23)ccc1Cl. The van der Waals surface area contributed by atoms with Crippen LogP contribution in [0.2, 0.25) is 5.02 Å². The van der Waals surface area contributed by atoms with Crippen molar-refractivity contribution in [3.8, 4) is 11.6 Å². The lowest BCUT2D eigenvalue weighted by Crippen LogP contribution is -1.93. The molecule has 0 atom stereocenters. The minimum atomic E-state index is 0.424. The van der Waals surface area contributed by atoms with E-state index in [1.165, 1.54) is 0 Å². The van der Waals surface area contributed by atoms with Crippen LogP contribution in [-0.2, 0) is 5.88 Å². The van der Waals surface area contributed by atoms with E-state index in [-0.39, 0.29) is 0 Å². The maximum Gasteiger partial charge on any atom is 0.227 e. The van der Waals surface area contributed by atoms with Crippen LogP contribution >= 0.6 is 23.2 Å². The molecule has 0 spiro atoms. The first-order chi connectivity index (χ1) is 10.2. The maximum absolute atomic E-state index is 6.03. The summed E-state index contributed by atoms with van der Waals surface area (Å²) in [6.07, 6.45) is 1.76. The molecule has 0 aliphatic carbocycles. The van der Waals surface area contributed by atoms with Gasteiger partial charge in [0, 0.05) is 22.5 Å². The van der Waals surface area contributed by atoms with Crippen LogP contribution < -0.4 is 4.74 Å². The van der Waals surface area contributed by atoms with E-state index in [1.807, 2.05) is 49.4 Å². The molecule has 0 unspecified atom stereocenters. The molecular weight excluding hydrogens is 305 g/mol. The third kappa shape index (κ3) is 2.82. The molecule has 1 heterocycles. The van der Waals surface area contributed by atoms with E-state index in [2.05, 4.69) is 4.98 Å². The van der Waals surface area contributed by atoms with Crippen LogP contribution in [0.1, 0.15) is 11.1 Å². The first-order valence-corrected chi connectivity index (χ1v) is 7.47. The van der Waals surface area contributed by atoms with Gasteiger partial charge in [-0.15, -0.1) is 11.6 Å². The first-order valence-electron chi connectivity index (χ1n) is 6.55. The van der Waals surface area contributed by atoms with Gasteiger partial charge in [-0.1, -0.05) is 29.8 Å². The van der Waals surface area contributed by atoms with Crippen molar-refractivity contribution in [3.05, 3.63) is 64.8 Å². The van der Waals surface area contributed by atoms with E-state index >= 15 is 0 Å². The van der Waals surface area contributed by atoms with Gasteiger partial charge in [-0.2, -0.15) is 0 Å². The Morgan fingerprint density at radius 2 is 1.86 bits per heavy atom. The van der Waals surface area contributed by atoms with Gasteiger partial charge in [0.25, 0.3) is 0 Å². The van der Waals surface area contributed by atoms with E-state index in [9.17, 15) is 0 Å². The van der Waals surface area contributed by atoms with Crippen molar-refractivity contribution in [2.75, 3.05) is 0 Å². The average molecular weight is 318 g/mol. The number of aryl methyl sites for hydroxylation is 1. The molecule has 0 radical (unpaired) electrons. The topological polar surface area (TPSA) is 22.1 Å². The van der Waals surface area contributed by atoms with Crippen molar-refractivity contribution in [2.45, 2.75) is 12.8 Å². The van der Waals surface area contributed by atoms with Crippen molar-refractivity contribution < 1.29 is 4.74 Å². The van der Waals surface area contributed by atoms with Gasteiger partial charge in [0.05, 0.1) is 0 Å². The van der Waals surface area contributed by atoms with E-state index in [4.69, 9.17) is 27.9 Å². The van der Waals surface area contributed by atoms with Crippen LogP contribution in [0.15, 0.2) is 48.7 Å². The zero-order valence-electron chi connectivity index (χ0n) is 11.4. The number of halogens is 2. The molecule has 0 aliphatic heterocycles. The second-order valence-corrected chi connectivity index (χ2v) is 5.46. The van der Waals surface area contributed by atoms with Crippen molar-refractivity contribution in [2.24, 2.45) is 0 Å². The summed E-state index contributed by atoms with van der Waals surface area (Å²) in [4.78, 5) is 4.39. The van der Waals surface area contributed by atoms with Gasteiger partial charge in [-0.25, -0.2) is 4.98 Å². The Bertz CT molecular complexity index is 802. The molecule has 0 fully saturated rings. The third-order valence-electron chi connectivity index (χ3n) is 3.33. The summed E-state index contributed by atoms with van der Waals surface area (Å²) in [5.74, 6) is 1.71. The second kappa shape index (κ2) is 5.92. The molecule has 0 bridgehead atoms. The quantitative estimate of drug-likeness (QED) is 0.576. The molecule has 3 aromatic rings. The standard InChI is InChI=1S/C17H13Cl2NO/c1-11-8-13(6-7-16(11)19)21-17-15-5-3-2-4-14(15)12(9-18)10-20-17/h2-8,10H,9H2,1H3. The van der Waals surface area contributed by atoms with E-state index in [0.717, 1.165) is 26.9 Å². The molecular formula is C17H13Cl2NO. The highest BCUT2D eigenvalue weighted by atomic mass is 35.5. The molecule has 0 amide bonds. The number of alkyl halides is 1. The fraction of sp³-hybridized carbons (Fsp3) is 0.118. The number of aromatic nitrogens is 1. The summed E-state index contributed by atoms with van der Waals surface area (Å²) in [5, 5.41) is 2.73. The molecule has 0 N–H and O–H groups in total. The van der Waals surface area contributed by atoms with Crippen LogP contribution in [0.5, 0.6) is 11.6 Å². The van der Waals surface area contributed by atoms with Crippen LogP contribution in [-0.4, -0.2) is 4.98 Å². The lowest BCUT2D eigenvalue weighted by atomic mass is 10.1. The highest BCUT2D eigenvalue weighted by Gasteiger charge is 2.09. The number of ether oxygens (including phenoxy) is 1. The fourth-order valence-electron chi connectivity index (χ4n) is 2.21. The molecule has 0 aliphatic rings. The molecule has 3 rings (SSSR count). The Morgan fingerprint density at radius 1 is 1.10 bits per heavy atom. The van der Waals surface area contributed by atoms with Gasteiger partial charge < -0.3 is 4.74 Å². The monoisotopic (exact) mass is 317 g/mol. The highest BCUT2D eigenvalue weighted by Crippen LogP contribution is 2.31. The molecule has 2 nitrogen and oxygen atoms in total. The minimum Gasteiger partial charge on any atom is -0.438 e. The minimum absolute atomic E-state index is 0.424. The Kier molecular flexibility index (Phi) is 4.00. The van der Waals surface area contributed by atoms with Gasteiger partial charge in [-0.05, 0) is 47.7 Å². The molecule has 2 aromatic carbocycles. The molecule has 21 heavy (non-hydrogen) atoms. The molecule has 0 saturated heterocycles. The zero-order valence-corrected chi connectivity index (χ0v) is 12.9. The van der Waals surface area contributed by atoms with Gasteiger partial charge in [0.15, 0.2) is 0 Å². The van der Waals surface area contributed by atoms with Crippen molar-refractivity contribution in [3.63, 3.8) is 0 Å². The Hall–Kier alpha value is -1.77. The summed E-state index contributed by atoms with van der Waals surface area (Å²) in [5.41, 5.74) is 1.96. The number of fused-ring (bicyclic) bond motifs is 1. The number of nitrogens with zero attached hydrogens (tertiary/aromatic N) is 1. The Labute approximate surface area is 133 Å². The van der Waals surface area contributed by atoms with Gasteiger partial charge in [0.2, 0.25) is 5.88 Å². The number of benzene rings is 2. The summed E-state index contributed by atoms with van der Waals surface area (Å²) < 4.78 is 5.91. The normalized spacial score (nSPS) is 10.8. The summed E-state index contributed by atoms with van der Waals surface area (Å²) in [6, 6.07) is 13.5. The van der Waals surface area contributed by atoms with Gasteiger partial charge >= 0.3 is 0 Å². The summed E-state index contributed by atoms with van der Waals surface area (Å²) in [7, 11) is 0. The maximum atomic E-state index is 6.03. The highest BCUT2D eigenvalue weighted by molar-refractivity contribution is 6.31. The number of pyridine rings is 1. The fourth-order valence-corrected chi connectivity index (χ4v) is 2.54. The van der Waals surface area contributed by atoms with Crippen LogP contribution in [0, 0.1) is 6.92 Å². The van der Waals surface area contributed by atoms with E-state index in [1.54, 1.807) is 6.20 Å². The Balaban J connectivity index is 2.06. The van der Waals surface area contributed by atoms with Crippen LogP contribution in [0.3, 0.4) is 0 Å². The number of hydrogen-bond acceptors (Lipinski definition) is 2. The predicted octanol–water partition coefficient (Wildman–Crippen LogP) is 5.73. The van der Waals surface area contributed by atoms with E-state index in [0.29, 0.717) is 17.5 Å². The lowest BCUT2D eigenvalue weighted by Gasteiger charge is -2.11. The number of hydrogen-bond donors (Lipinski definition) is 0. The van der Waals surface area contributed by atoms with Crippen LogP contribution in [0.25, 0.3) is 10.8 Å². The molecule has 0 saturated carbocycles. The van der Waals surface area contributed by atoms with Gasteiger partial charge in [0.1, 0.15) is 5.75 Å². The van der Waals surface area contributed by atoms with Crippen molar-refractivity contribution >= 4 is 34.0 Å². The number of rotatable bonds is 3. The zero-order chi connectivity index (χ0) is 14.8. The lowest BCUT2D eigenvalue weighted by molar-refractivity contribution is 0.468.